The molecule has 0 N–H and O–H groups in total. The third kappa shape index (κ3) is 126000. The maximum atomic E-state index is 8.93. The normalized spacial score (nSPS) is 5.40. The van der Waals surface area contributed by atoms with Gasteiger partial charge in [-0.1, -0.05) is 20.8 Å². The summed E-state index contributed by atoms with van der Waals surface area (Å²) in [7, 11) is 0. The van der Waals surface area contributed by atoms with Crippen molar-refractivity contribution < 1.29 is 15.3 Å². The molecule has 0 aliphatic heterocycles. The van der Waals surface area contributed by atoms with Gasteiger partial charge in [0.15, 0.2) is 0 Å². The van der Waals surface area contributed by atoms with Gasteiger partial charge in [0.1, 0.15) is 0 Å². The molecule has 0 saturated carbocycles. The van der Waals surface area contributed by atoms with Gasteiger partial charge in [-0.15, -0.1) is 19.8 Å². The summed E-state index contributed by atoms with van der Waals surface area (Å²) >= 11 is 0. The topological polar surface area (TPSA) is 69.2 Å². The molecule has 0 aromatic heterocycles. The first-order valence-corrected chi connectivity index (χ1v) is 2.99. The van der Waals surface area contributed by atoms with Crippen molar-refractivity contribution in [2.75, 3.05) is 19.8 Å². The fourth-order valence-electron chi connectivity index (χ4n) is 0. The van der Waals surface area contributed by atoms with Crippen LogP contribution in [0.2, 0.25) is 0 Å². The summed E-state index contributed by atoms with van der Waals surface area (Å²) in [4.78, 5) is 0. The molecule has 0 bridgehead atoms. The summed E-state index contributed by atoms with van der Waals surface area (Å²) in [6, 6.07) is 0. The fraction of sp³-hybridized carbons (Fsp3) is 1.00. The van der Waals surface area contributed by atoms with Crippen LogP contribution in [0.3, 0.4) is 0 Å². The summed E-state index contributed by atoms with van der Waals surface area (Å²) in [5.74, 6) is 0. The maximum Gasteiger partial charge on any atom is 3.00 e. The van der Waals surface area contributed by atoms with E-state index in [0.29, 0.717) is 0 Å². The Balaban J connectivity index is -0.0000000257. The minimum absolute atomic E-state index is 0. The molecular formula is C6H15BO3. The summed E-state index contributed by atoms with van der Waals surface area (Å²) in [5, 5.41) is 26.8. The quantitative estimate of drug-likeness (QED) is 0.361. The molecule has 0 saturated heterocycles. The second-order valence-electron chi connectivity index (χ2n) is 0.866. The third-order valence-electron chi connectivity index (χ3n) is 0. The minimum Gasteiger partial charge on any atom is -0.855 e. The van der Waals surface area contributed by atoms with Gasteiger partial charge < -0.3 is 15.3 Å². The van der Waals surface area contributed by atoms with E-state index in [0.717, 1.165) is 0 Å². The predicted molar refractivity (Wildman–Crippen MR) is 37.4 cm³/mol. The predicted octanol–water partition coefficient (Wildman–Crippen LogP) is -2.28. The Bertz CT molecular complexity index is 17.7. The van der Waals surface area contributed by atoms with E-state index < -0.39 is 0 Å². The Morgan fingerprint density at radius 2 is 0.700 bits per heavy atom. The van der Waals surface area contributed by atoms with Crippen LogP contribution in [-0.2, 0) is 0 Å². The fourth-order valence-corrected chi connectivity index (χ4v) is 0. The van der Waals surface area contributed by atoms with Crippen LogP contribution in [0.15, 0.2) is 0 Å². The second kappa shape index (κ2) is 65.1. The molecule has 0 heterocycles. The number of rotatable bonds is 0. The van der Waals surface area contributed by atoms with Gasteiger partial charge in [0.25, 0.3) is 0 Å². The molecule has 60 valence electrons. The van der Waals surface area contributed by atoms with Gasteiger partial charge in [-0.05, 0) is 0 Å². The number of hydrogen-bond donors (Lipinski definition) is 0. The van der Waals surface area contributed by atoms with Crippen LogP contribution >= 0.6 is 0 Å². The second-order valence-corrected chi connectivity index (χ2v) is 0.866. The van der Waals surface area contributed by atoms with Gasteiger partial charge in [0.05, 0.1) is 0 Å². The minimum atomic E-state index is 0. The van der Waals surface area contributed by atoms with Gasteiger partial charge in [-0.2, -0.15) is 0 Å². The van der Waals surface area contributed by atoms with Crippen LogP contribution in [-0.4, -0.2) is 28.2 Å². The molecule has 3 nitrogen and oxygen atoms in total. The molecule has 0 aliphatic carbocycles. The van der Waals surface area contributed by atoms with E-state index in [1.165, 1.54) is 0 Å². The zero-order valence-corrected chi connectivity index (χ0v) is 6.92. The average Bonchev–Trinajstić information content (AvgIpc) is 1.70. The standard InChI is InChI=1S/3C2H5O.B/c3*1-2-3;/h3*2H2,1H3;/q3*-1;+3. The molecule has 0 rings (SSSR count). The Labute approximate surface area is 65.3 Å². The molecule has 0 spiro atoms. The van der Waals surface area contributed by atoms with E-state index in [1.807, 2.05) is 0 Å². The third-order valence-corrected chi connectivity index (χ3v) is 0. The summed E-state index contributed by atoms with van der Waals surface area (Å²) in [5.41, 5.74) is 0. The molecule has 0 unspecified atom stereocenters. The van der Waals surface area contributed by atoms with Gasteiger partial charge in [-0.25, -0.2) is 0 Å². The zero-order valence-electron chi connectivity index (χ0n) is 6.92. The zero-order chi connectivity index (χ0) is 8.12. The number of hydrogen-bond acceptors (Lipinski definition) is 3. The van der Waals surface area contributed by atoms with Gasteiger partial charge in [0.2, 0.25) is 0 Å². The first kappa shape index (κ1) is 22.5. The first-order valence-electron chi connectivity index (χ1n) is 2.99. The van der Waals surface area contributed by atoms with Crippen LogP contribution in [0.1, 0.15) is 20.8 Å². The van der Waals surface area contributed by atoms with Crippen molar-refractivity contribution in [1.82, 2.24) is 0 Å². The summed E-state index contributed by atoms with van der Waals surface area (Å²) in [6.07, 6.45) is 0. The van der Waals surface area contributed by atoms with E-state index in [9.17, 15) is 0 Å². The van der Waals surface area contributed by atoms with Crippen molar-refractivity contribution in [2.45, 2.75) is 20.8 Å². The van der Waals surface area contributed by atoms with Gasteiger partial charge in [0, 0.05) is 0 Å². The summed E-state index contributed by atoms with van der Waals surface area (Å²) < 4.78 is 0. The molecule has 0 atom stereocenters. The van der Waals surface area contributed by atoms with Crippen LogP contribution in [0.5, 0.6) is 0 Å². The van der Waals surface area contributed by atoms with Crippen molar-refractivity contribution in [2.24, 2.45) is 0 Å². The van der Waals surface area contributed by atoms with Crippen LogP contribution in [0.25, 0.3) is 0 Å². The average molecular weight is 146 g/mol. The monoisotopic (exact) mass is 146 g/mol. The Kier molecular flexibility index (Phi) is 147. The van der Waals surface area contributed by atoms with Crippen LogP contribution < -0.4 is 15.3 Å². The van der Waals surface area contributed by atoms with Crippen molar-refractivity contribution in [1.29, 1.82) is 0 Å². The van der Waals surface area contributed by atoms with E-state index in [4.69, 9.17) is 15.3 Å². The van der Waals surface area contributed by atoms with Crippen molar-refractivity contribution in [3.05, 3.63) is 0 Å². The van der Waals surface area contributed by atoms with Gasteiger partial charge in [-0.3, -0.25) is 0 Å². The molecule has 4 heteroatoms. The van der Waals surface area contributed by atoms with E-state index in [1.54, 1.807) is 20.8 Å². The van der Waals surface area contributed by atoms with Crippen molar-refractivity contribution in [3.8, 4) is 0 Å². The molecule has 0 fully saturated rings. The SMILES string of the molecule is CC[O-].CC[O-].CC[O-].[B+3]. The Morgan fingerprint density at radius 3 is 0.700 bits per heavy atom. The van der Waals surface area contributed by atoms with Crippen LogP contribution in [0.4, 0.5) is 0 Å². The van der Waals surface area contributed by atoms with Crippen molar-refractivity contribution in [3.63, 3.8) is 0 Å². The molecule has 0 aromatic carbocycles. The van der Waals surface area contributed by atoms with E-state index in [-0.39, 0.29) is 28.2 Å². The Morgan fingerprint density at radius 1 is 0.700 bits per heavy atom. The molecule has 0 amide bonds. The van der Waals surface area contributed by atoms with Gasteiger partial charge >= 0.3 is 8.41 Å². The largest absolute Gasteiger partial charge is 3.00 e. The maximum absolute atomic E-state index is 8.93. The van der Waals surface area contributed by atoms with Crippen LogP contribution in [0, 0.1) is 0 Å². The summed E-state index contributed by atoms with van der Waals surface area (Å²) in [6.45, 7) is 4.71. The van der Waals surface area contributed by atoms with E-state index >= 15 is 0 Å². The smallest absolute Gasteiger partial charge is 0.855 e. The Hall–Kier alpha value is -0.0551. The molecule has 0 aromatic rings. The molecular weight excluding hydrogens is 131 g/mol. The molecule has 10 heavy (non-hydrogen) atoms. The van der Waals surface area contributed by atoms with E-state index in [2.05, 4.69) is 0 Å². The van der Waals surface area contributed by atoms with Crippen molar-refractivity contribution >= 4 is 8.41 Å². The molecule has 0 radical (unpaired) electrons. The molecule has 0 aliphatic rings. The first-order chi connectivity index (χ1) is 4.24.